The van der Waals surface area contributed by atoms with Crippen molar-refractivity contribution in [2.45, 2.75) is 6.04 Å². The van der Waals surface area contributed by atoms with Gasteiger partial charge in [0.15, 0.2) is 0 Å². The Bertz CT molecular complexity index is 718. The molecule has 0 saturated carbocycles. The first-order chi connectivity index (χ1) is 9.34. The van der Waals surface area contributed by atoms with Gasteiger partial charge < -0.3 is 9.88 Å². The molecule has 0 spiro atoms. The smallest absolute Gasteiger partial charge is 0.0571 e. The van der Waals surface area contributed by atoms with E-state index >= 15 is 0 Å². The lowest BCUT2D eigenvalue weighted by atomic mass is 9.97. The SMILES string of the molecule is CN1C(c2c[nH]c3ccccc23)=CC2C=CC=CC21. The van der Waals surface area contributed by atoms with Crippen molar-refractivity contribution >= 4 is 16.6 Å². The van der Waals surface area contributed by atoms with Gasteiger partial charge in [-0.15, -0.1) is 0 Å². The average Bonchev–Trinajstić information content (AvgIpc) is 3.01. The summed E-state index contributed by atoms with van der Waals surface area (Å²) in [6.45, 7) is 0. The number of benzene rings is 1. The molecule has 2 unspecified atom stereocenters. The van der Waals surface area contributed by atoms with Crippen LogP contribution in [0.4, 0.5) is 0 Å². The molecule has 2 heteroatoms. The molecule has 4 rings (SSSR count). The Kier molecular flexibility index (Phi) is 2.18. The third-order valence-corrected chi connectivity index (χ3v) is 4.19. The predicted molar refractivity (Wildman–Crippen MR) is 79.6 cm³/mol. The lowest BCUT2D eigenvalue weighted by Gasteiger charge is -2.26. The Labute approximate surface area is 112 Å². The molecule has 1 aliphatic carbocycles. The van der Waals surface area contributed by atoms with Crippen molar-refractivity contribution in [2.24, 2.45) is 5.92 Å². The average molecular weight is 248 g/mol. The molecule has 1 aromatic carbocycles. The van der Waals surface area contributed by atoms with Crippen molar-refractivity contribution in [1.82, 2.24) is 9.88 Å². The molecule has 2 heterocycles. The van der Waals surface area contributed by atoms with E-state index in [1.165, 1.54) is 22.2 Å². The molecule has 1 aromatic heterocycles. The minimum Gasteiger partial charge on any atom is -0.367 e. The number of hydrogen-bond acceptors (Lipinski definition) is 1. The highest BCUT2D eigenvalue weighted by Crippen LogP contribution is 2.37. The summed E-state index contributed by atoms with van der Waals surface area (Å²) in [5.74, 6) is 0.499. The van der Waals surface area contributed by atoms with E-state index in [1.54, 1.807) is 0 Å². The zero-order valence-electron chi connectivity index (χ0n) is 10.9. The van der Waals surface area contributed by atoms with E-state index in [9.17, 15) is 0 Å². The largest absolute Gasteiger partial charge is 0.367 e. The molecule has 2 nitrogen and oxygen atoms in total. The van der Waals surface area contributed by atoms with Crippen molar-refractivity contribution in [2.75, 3.05) is 7.05 Å². The van der Waals surface area contributed by atoms with Gasteiger partial charge >= 0.3 is 0 Å². The molecular weight excluding hydrogens is 232 g/mol. The topological polar surface area (TPSA) is 19.0 Å². The Morgan fingerprint density at radius 2 is 1.95 bits per heavy atom. The molecule has 0 radical (unpaired) electrons. The van der Waals surface area contributed by atoms with Crippen LogP contribution < -0.4 is 0 Å². The first-order valence-corrected chi connectivity index (χ1v) is 6.71. The first-order valence-electron chi connectivity index (χ1n) is 6.71. The molecule has 0 fully saturated rings. The van der Waals surface area contributed by atoms with Gasteiger partial charge in [-0.2, -0.15) is 0 Å². The number of hydrogen-bond donors (Lipinski definition) is 1. The number of allylic oxidation sites excluding steroid dienone is 2. The molecule has 1 aliphatic heterocycles. The van der Waals surface area contributed by atoms with E-state index in [1.807, 2.05) is 0 Å². The normalized spacial score (nSPS) is 24.9. The second-order valence-corrected chi connectivity index (χ2v) is 5.25. The standard InChI is InChI=1S/C17H16N2/c1-19-16-9-5-2-6-12(16)10-17(19)14-11-18-15-8-4-3-7-13(14)15/h2-12,16,18H,1H3. The van der Waals surface area contributed by atoms with Crippen molar-refractivity contribution in [1.29, 1.82) is 0 Å². The van der Waals surface area contributed by atoms with Crippen LogP contribution in [-0.4, -0.2) is 23.0 Å². The third kappa shape index (κ3) is 1.49. The molecule has 0 amide bonds. The van der Waals surface area contributed by atoms with Crippen LogP contribution in [0.25, 0.3) is 16.6 Å². The van der Waals surface area contributed by atoms with Crippen LogP contribution in [0, 0.1) is 5.92 Å². The summed E-state index contributed by atoms with van der Waals surface area (Å²) in [5.41, 5.74) is 3.82. The maximum absolute atomic E-state index is 3.36. The van der Waals surface area contributed by atoms with E-state index in [0.717, 1.165) is 0 Å². The summed E-state index contributed by atoms with van der Waals surface area (Å²) in [7, 11) is 2.18. The molecular formula is C17H16N2. The second-order valence-electron chi connectivity index (χ2n) is 5.25. The van der Waals surface area contributed by atoms with Crippen molar-refractivity contribution < 1.29 is 0 Å². The zero-order valence-corrected chi connectivity index (χ0v) is 10.9. The van der Waals surface area contributed by atoms with E-state index in [4.69, 9.17) is 0 Å². The molecule has 2 aromatic rings. The first kappa shape index (κ1) is 10.7. The predicted octanol–water partition coefficient (Wildman–Crippen LogP) is 3.57. The highest BCUT2D eigenvalue weighted by Gasteiger charge is 2.30. The number of rotatable bonds is 1. The van der Waals surface area contributed by atoms with Gasteiger partial charge in [0.1, 0.15) is 0 Å². The van der Waals surface area contributed by atoms with Crippen molar-refractivity contribution in [3.05, 3.63) is 66.4 Å². The van der Waals surface area contributed by atoms with Crippen molar-refractivity contribution in [3.63, 3.8) is 0 Å². The van der Waals surface area contributed by atoms with Crippen LogP contribution in [0.2, 0.25) is 0 Å². The summed E-state index contributed by atoms with van der Waals surface area (Å²) in [6.07, 6.45) is 13.3. The second kappa shape index (κ2) is 3.89. The molecule has 0 saturated heterocycles. The maximum Gasteiger partial charge on any atom is 0.0571 e. The number of nitrogens with zero attached hydrogens (tertiary/aromatic N) is 1. The minimum atomic E-state index is 0.466. The maximum atomic E-state index is 3.36. The van der Waals surface area contributed by atoms with Crippen LogP contribution in [0.5, 0.6) is 0 Å². The Morgan fingerprint density at radius 1 is 1.11 bits per heavy atom. The Balaban J connectivity index is 1.85. The lowest BCUT2D eigenvalue weighted by molar-refractivity contribution is 0.395. The van der Waals surface area contributed by atoms with Gasteiger partial charge in [-0.05, 0) is 6.07 Å². The van der Waals surface area contributed by atoms with Gasteiger partial charge in [0.05, 0.1) is 6.04 Å². The quantitative estimate of drug-likeness (QED) is 0.817. The number of fused-ring (bicyclic) bond motifs is 2. The third-order valence-electron chi connectivity index (χ3n) is 4.19. The van der Waals surface area contributed by atoms with Crippen LogP contribution in [0.1, 0.15) is 5.56 Å². The van der Waals surface area contributed by atoms with Gasteiger partial charge in [0.2, 0.25) is 0 Å². The molecule has 0 bridgehead atoms. The Morgan fingerprint density at radius 3 is 2.84 bits per heavy atom. The summed E-state index contributed by atoms with van der Waals surface area (Å²) in [6, 6.07) is 8.95. The monoisotopic (exact) mass is 248 g/mol. The number of nitrogens with one attached hydrogen (secondary N) is 1. The highest BCUT2D eigenvalue weighted by molar-refractivity contribution is 5.92. The molecule has 2 atom stereocenters. The van der Waals surface area contributed by atoms with Gasteiger partial charge in [-0.1, -0.05) is 48.6 Å². The van der Waals surface area contributed by atoms with E-state index in [2.05, 4.69) is 77.8 Å². The van der Waals surface area contributed by atoms with Crippen LogP contribution in [-0.2, 0) is 0 Å². The number of likely N-dealkylation sites (N-methyl/N-ethyl adjacent to an activating group) is 1. The summed E-state index contributed by atoms with van der Waals surface area (Å²) >= 11 is 0. The van der Waals surface area contributed by atoms with Gasteiger partial charge in [0, 0.05) is 41.3 Å². The van der Waals surface area contributed by atoms with Crippen LogP contribution >= 0.6 is 0 Å². The molecule has 1 N–H and O–H groups in total. The Hall–Kier alpha value is -2.22. The van der Waals surface area contributed by atoms with Crippen LogP contribution in [0.15, 0.2) is 60.8 Å². The molecule has 94 valence electrons. The highest BCUT2D eigenvalue weighted by atomic mass is 15.2. The lowest BCUT2D eigenvalue weighted by Crippen LogP contribution is -2.28. The van der Waals surface area contributed by atoms with Gasteiger partial charge in [-0.3, -0.25) is 0 Å². The van der Waals surface area contributed by atoms with Gasteiger partial charge in [0.25, 0.3) is 0 Å². The fourth-order valence-electron chi connectivity index (χ4n) is 3.18. The van der Waals surface area contributed by atoms with E-state index in [-0.39, 0.29) is 0 Å². The van der Waals surface area contributed by atoms with E-state index in [0.29, 0.717) is 12.0 Å². The molecule has 19 heavy (non-hydrogen) atoms. The number of para-hydroxylation sites is 1. The minimum absolute atomic E-state index is 0.466. The van der Waals surface area contributed by atoms with Gasteiger partial charge in [-0.25, -0.2) is 0 Å². The molecule has 2 aliphatic rings. The summed E-state index contributed by atoms with van der Waals surface area (Å²) < 4.78 is 0. The van der Waals surface area contributed by atoms with Crippen LogP contribution in [0.3, 0.4) is 0 Å². The van der Waals surface area contributed by atoms with E-state index < -0.39 is 0 Å². The summed E-state index contributed by atoms with van der Waals surface area (Å²) in [4.78, 5) is 5.74. The zero-order chi connectivity index (χ0) is 12.8. The fraction of sp³-hybridized carbons (Fsp3) is 0.176. The number of aromatic nitrogens is 1. The summed E-state index contributed by atoms with van der Waals surface area (Å²) in [5, 5.41) is 1.30. The number of aromatic amines is 1. The fourth-order valence-corrected chi connectivity index (χ4v) is 3.18. The van der Waals surface area contributed by atoms with Crippen molar-refractivity contribution in [3.8, 4) is 0 Å². The number of H-pyrrole nitrogens is 1.